The van der Waals surface area contributed by atoms with Crippen LogP contribution < -0.4 is 0 Å². The number of Topliss-reactive ketones (excluding diaryl/α,β-unsaturated/α-hetero) is 1. The lowest BCUT2D eigenvalue weighted by Gasteiger charge is -2.00. The summed E-state index contributed by atoms with van der Waals surface area (Å²) >= 11 is 0. The first-order valence-electron chi connectivity index (χ1n) is 8.93. The average Bonchev–Trinajstić information content (AvgIpc) is 2.71. The van der Waals surface area contributed by atoms with Crippen LogP contribution in [0.25, 0.3) is 0 Å². The molecule has 0 aliphatic heterocycles. The molecule has 0 unspecified atom stereocenters. The Morgan fingerprint density at radius 2 is 0.931 bits per heavy atom. The van der Waals surface area contributed by atoms with E-state index in [1.165, 1.54) is 0 Å². The number of ketones is 1. The third-order valence-electron chi connectivity index (χ3n) is 3.74. The van der Waals surface area contributed by atoms with E-state index >= 15 is 0 Å². The van der Waals surface area contributed by atoms with Crippen LogP contribution >= 0.6 is 24.0 Å². The maximum atomic E-state index is 10.6. The molecule has 3 aromatic rings. The minimum atomic E-state index is -0.341. The van der Waals surface area contributed by atoms with Crippen LogP contribution in [0.15, 0.2) is 91.0 Å². The molecule has 0 fully saturated rings. The smallest absolute Gasteiger partial charge is 0.159 e. The van der Waals surface area contributed by atoms with E-state index in [4.69, 9.17) is 10.2 Å². The minimum Gasteiger partial charge on any atom is -0.389 e. The molecule has 3 nitrogen and oxygen atoms in total. The van der Waals surface area contributed by atoms with Crippen molar-refractivity contribution in [2.24, 2.45) is 0 Å². The zero-order valence-electron chi connectivity index (χ0n) is 16.5. The van der Waals surface area contributed by atoms with Crippen molar-refractivity contribution in [3.63, 3.8) is 0 Å². The molecule has 4 heteroatoms. The van der Waals surface area contributed by atoms with Gasteiger partial charge in [0.15, 0.2) is 5.78 Å². The van der Waals surface area contributed by atoms with E-state index in [0.717, 1.165) is 16.7 Å². The molecule has 0 spiro atoms. The number of carbonyl (C=O) groups excluding carboxylic acids is 1. The number of hydrogen-bond donors (Lipinski definition) is 2. The highest BCUT2D eigenvalue weighted by Crippen LogP contribution is 2.09. The van der Waals surface area contributed by atoms with Crippen LogP contribution in [0.5, 0.6) is 0 Å². The van der Waals surface area contributed by atoms with Gasteiger partial charge in [-0.2, -0.15) is 0 Å². The van der Waals surface area contributed by atoms with Crippen molar-refractivity contribution in [1.82, 2.24) is 0 Å². The molecule has 29 heavy (non-hydrogen) atoms. The maximum Gasteiger partial charge on any atom is 0.159 e. The SMILES string of the molecule is C.CC(=O)c1ccccc1.C[C@@H](O)c1ccccc1.C[C@H](O)c1ccccc1.I. The second kappa shape index (κ2) is 16.9. The summed E-state index contributed by atoms with van der Waals surface area (Å²) in [6, 6.07) is 28.4. The van der Waals surface area contributed by atoms with Gasteiger partial charge in [0.2, 0.25) is 0 Å². The molecule has 0 aliphatic rings. The molecule has 0 saturated carbocycles. The first-order chi connectivity index (χ1) is 12.9. The number of aliphatic hydroxyl groups is 2. The van der Waals surface area contributed by atoms with E-state index in [1.54, 1.807) is 20.8 Å². The predicted octanol–water partition coefficient (Wildman–Crippen LogP) is 6.62. The molecule has 2 atom stereocenters. The van der Waals surface area contributed by atoms with Gasteiger partial charge >= 0.3 is 0 Å². The van der Waals surface area contributed by atoms with Gasteiger partial charge in [0, 0.05) is 5.56 Å². The van der Waals surface area contributed by atoms with Crippen LogP contribution in [0.1, 0.15) is 61.9 Å². The molecule has 0 saturated heterocycles. The Balaban J connectivity index is 0. The summed E-state index contributed by atoms with van der Waals surface area (Å²) in [7, 11) is 0. The number of rotatable bonds is 3. The number of carbonyl (C=O) groups is 1. The summed E-state index contributed by atoms with van der Waals surface area (Å²) in [5.74, 6) is 0.121. The van der Waals surface area contributed by atoms with Crippen molar-refractivity contribution >= 4 is 29.8 Å². The molecule has 3 rings (SSSR count). The van der Waals surface area contributed by atoms with Gasteiger partial charge in [0.1, 0.15) is 0 Å². The lowest BCUT2D eigenvalue weighted by atomic mass is 10.1. The Labute approximate surface area is 192 Å². The van der Waals surface area contributed by atoms with Gasteiger partial charge in [0.05, 0.1) is 12.2 Å². The summed E-state index contributed by atoms with van der Waals surface area (Å²) < 4.78 is 0. The first kappa shape index (κ1) is 29.2. The molecule has 0 aromatic heterocycles. The Bertz CT molecular complexity index is 714. The predicted molar refractivity (Wildman–Crippen MR) is 133 cm³/mol. The second-order valence-corrected chi connectivity index (χ2v) is 6.10. The van der Waals surface area contributed by atoms with Crippen LogP contribution in [0.4, 0.5) is 0 Å². The lowest BCUT2D eigenvalue weighted by Crippen LogP contribution is -1.88. The minimum absolute atomic E-state index is 0. The number of aliphatic hydroxyl groups excluding tert-OH is 2. The number of benzene rings is 3. The zero-order chi connectivity index (χ0) is 20.1. The Morgan fingerprint density at radius 1 is 0.655 bits per heavy atom. The number of hydrogen-bond acceptors (Lipinski definition) is 3. The Kier molecular flexibility index (Phi) is 17.0. The second-order valence-electron chi connectivity index (χ2n) is 6.10. The van der Waals surface area contributed by atoms with E-state index in [9.17, 15) is 4.79 Å². The lowest BCUT2D eigenvalue weighted by molar-refractivity contribution is 0.101. The molecule has 0 heterocycles. The highest BCUT2D eigenvalue weighted by molar-refractivity contribution is 14.0. The summed E-state index contributed by atoms with van der Waals surface area (Å²) in [4.78, 5) is 10.6. The fraction of sp³-hybridized carbons (Fsp3) is 0.240. The molecule has 2 N–H and O–H groups in total. The van der Waals surface area contributed by atoms with Gasteiger partial charge in [-0.3, -0.25) is 4.79 Å². The summed E-state index contributed by atoms with van der Waals surface area (Å²) in [5, 5.41) is 18.0. The molecular weight excluding hydrogens is 475 g/mol. The maximum absolute atomic E-state index is 10.6. The van der Waals surface area contributed by atoms with Crippen molar-refractivity contribution in [2.75, 3.05) is 0 Å². The Hall–Kier alpha value is -2.02. The topological polar surface area (TPSA) is 57.5 Å². The van der Waals surface area contributed by atoms with Gasteiger partial charge < -0.3 is 10.2 Å². The molecule has 0 aliphatic carbocycles. The van der Waals surface area contributed by atoms with Crippen LogP contribution in [-0.4, -0.2) is 16.0 Å². The molecule has 0 amide bonds. The monoisotopic (exact) mass is 508 g/mol. The van der Waals surface area contributed by atoms with Gasteiger partial charge in [-0.25, -0.2) is 0 Å². The van der Waals surface area contributed by atoms with Crippen molar-refractivity contribution in [1.29, 1.82) is 0 Å². The van der Waals surface area contributed by atoms with Crippen molar-refractivity contribution < 1.29 is 15.0 Å². The summed E-state index contributed by atoms with van der Waals surface area (Å²) in [5.41, 5.74) is 2.72. The van der Waals surface area contributed by atoms with Gasteiger partial charge in [-0.15, -0.1) is 24.0 Å². The fourth-order valence-electron chi connectivity index (χ4n) is 2.14. The standard InChI is InChI=1S/2C8H10O.C8H8O.CH4.HI/c3*1-7(9)8-5-3-2-4-6-8;;/h2*2-7,9H,1H3;2-6H,1H3;1H4;1H/t2*7-;;;/m10.../s1. The zero-order valence-corrected chi connectivity index (χ0v) is 18.9. The van der Waals surface area contributed by atoms with Crippen molar-refractivity contribution in [3.8, 4) is 0 Å². The van der Waals surface area contributed by atoms with E-state index in [0.29, 0.717) is 0 Å². The van der Waals surface area contributed by atoms with E-state index in [1.807, 2.05) is 91.0 Å². The van der Waals surface area contributed by atoms with Gasteiger partial charge in [-0.1, -0.05) is 98.4 Å². The highest BCUT2D eigenvalue weighted by Gasteiger charge is 1.96. The normalized spacial score (nSPS) is 10.9. The first-order valence-corrected chi connectivity index (χ1v) is 8.93. The largest absolute Gasteiger partial charge is 0.389 e. The van der Waals surface area contributed by atoms with E-state index in [2.05, 4.69) is 0 Å². The van der Waals surface area contributed by atoms with Crippen molar-refractivity contribution in [2.45, 2.75) is 40.4 Å². The molecule has 0 bridgehead atoms. The summed E-state index contributed by atoms with van der Waals surface area (Å²) in [6.45, 7) is 5.08. The molecule has 0 radical (unpaired) electrons. The Morgan fingerprint density at radius 3 is 1.10 bits per heavy atom. The average molecular weight is 508 g/mol. The summed E-state index contributed by atoms with van der Waals surface area (Å²) in [6.07, 6.45) is -0.683. The third kappa shape index (κ3) is 12.9. The number of halogens is 1. The van der Waals surface area contributed by atoms with Gasteiger partial charge in [-0.05, 0) is 31.9 Å². The molecule has 3 aromatic carbocycles. The van der Waals surface area contributed by atoms with Crippen LogP contribution in [0.2, 0.25) is 0 Å². The van der Waals surface area contributed by atoms with Crippen LogP contribution in [-0.2, 0) is 0 Å². The highest BCUT2D eigenvalue weighted by atomic mass is 127. The fourth-order valence-corrected chi connectivity index (χ4v) is 2.14. The van der Waals surface area contributed by atoms with E-state index in [-0.39, 0.29) is 49.4 Å². The quantitative estimate of drug-likeness (QED) is 0.309. The van der Waals surface area contributed by atoms with Crippen LogP contribution in [0, 0.1) is 0 Å². The van der Waals surface area contributed by atoms with E-state index < -0.39 is 0 Å². The van der Waals surface area contributed by atoms with Crippen molar-refractivity contribution in [3.05, 3.63) is 108 Å². The molecular formula is C25H33IO3. The third-order valence-corrected chi connectivity index (χ3v) is 3.74. The van der Waals surface area contributed by atoms with Crippen LogP contribution in [0.3, 0.4) is 0 Å². The van der Waals surface area contributed by atoms with Gasteiger partial charge in [0.25, 0.3) is 0 Å². The molecule has 158 valence electrons.